The van der Waals surface area contributed by atoms with Gasteiger partial charge in [0.15, 0.2) is 0 Å². The van der Waals surface area contributed by atoms with E-state index in [9.17, 15) is 0 Å². The summed E-state index contributed by atoms with van der Waals surface area (Å²) in [5.74, 6) is 3.48. The molecule has 1 unspecified atom stereocenters. The molecule has 2 nitrogen and oxygen atoms in total. The third kappa shape index (κ3) is 6.77. The third-order valence-corrected chi connectivity index (χ3v) is 4.18. The van der Waals surface area contributed by atoms with Crippen LogP contribution in [0.5, 0.6) is 0 Å². The number of nitrogens with one attached hydrogen (secondary N) is 1. The predicted molar refractivity (Wildman–Crippen MR) is 75.3 cm³/mol. The zero-order valence-corrected chi connectivity index (χ0v) is 11.8. The molecular weight excluding hydrogens is 216 g/mol. The van der Waals surface area contributed by atoms with Gasteiger partial charge in [0.2, 0.25) is 0 Å². The van der Waals surface area contributed by atoms with Gasteiger partial charge in [-0.15, -0.1) is 0 Å². The molecule has 1 heterocycles. The Labute approximate surface area is 106 Å². The average Bonchev–Trinajstić information content (AvgIpc) is 2.28. The molecule has 0 radical (unpaired) electrons. The predicted octanol–water partition coefficient (Wildman–Crippen LogP) is 2.45. The van der Waals surface area contributed by atoms with Crippen molar-refractivity contribution >= 4 is 11.8 Å². The van der Waals surface area contributed by atoms with E-state index in [1.807, 2.05) is 11.8 Å². The Morgan fingerprint density at radius 1 is 1.38 bits per heavy atom. The lowest BCUT2D eigenvalue weighted by Gasteiger charge is -2.30. The van der Waals surface area contributed by atoms with Gasteiger partial charge in [0.1, 0.15) is 0 Å². The molecule has 0 aliphatic carbocycles. The van der Waals surface area contributed by atoms with Crippen molar-refractivity contribution in [1.29, 1.82) is 0 Å². The molecule has 0 bridgehead atoms. The Balaban J connectivity index is 1.86. The highest BCUT2D eigenvalue weighted by Gasteiger charge is 2.14. The Bertz CT molecular complexity index is 164. The van der Waals surface area contributed by atoms with Gasteiger partial charge in [-0.2, -0.15) is 11.8 Å². The van der Waals surface area contributed by atoms with Crippen LogP contribution in [0.25, 0.3) is 0 Å². The molecule has 1 saturated heterocycles. The minimum atomic E-state index is 0.912. The highest BCUT2D eigenvalue weighted by atomic mass is 32.2. The number of hydrogen-bond acceptors (Lipinski definition) is 3. The molecule has 1 rings (SSSR count). The topological polar surface area (TPSA) is 15.3 Å². The molecule has 0 amide bonds. The summed E-state index contributed by atoms with van der Waals surface area (Å²) in [4.78, 5) is 2.61. The summed E-state index contributed by atoms with van der Waals surface area (Å²) in [6, 6.07) is 0. The van der Waals surface area contributed by atoms with Gasteiger partial charge < -0.3 is 10.2 Å². The lowest BCUT2D eigenvalue weighted by molar-refractivity contribution is 0.185. The molecular formula is C13H28N2S. The van der Waals surface area contributed by atoms with Gasteiger partial charge in [0, 0.05) is 19.6 Å². The van der Waals surface area contributed by atoms with E-state index in [0.717, 1.165) is 5.92 Å². The number of thioether (sulfide) groups is 1. The first-order valence-corrected chi connectivity index (χ1v) is 7.99. The molecule has 0 spiro atoms. The molecule has 0 aromatic heterocycles. The summed E-state index contributed by atoms with van der Waals surface area (Å²) in [7, 11) is 0. The van der Waals surface area contributed by atoms with Gasteiger partial charge in [-0.05, 0) is 49.8 Å². The van der Waals surface area contributed by atoms with Gasteiger partial charge in [-0.3, -0.25) is 0 Å². The van der Waals surface area contributed by atoms with Crippen molar-refractivity contribution < 1.29 is 0 Å². The monoisotopic (exact) mass is 244 g/mol. The minimum absolute atomic E-state index is 0.912. The quantitative estimate of drug-likeness (QED) is 0.660. The summed E-state index contributed by atoms with van der Waals surface area (Å²) >= 11 is 2.04. The van der Waals surface area contributed by atoms with Crippen LogP contribution in [0.2, 0.25) is 0 Å². The fourth-order valence-corrected chi connectivity index (χ4v) is 2.93. The highest BCUT2D eigenvalue weighted by Crippen LogP contribution is 2.14. The Hall–Kier alpha value is 0.270. The normalized spacial score (nSPS) is 22.5. The van der Waals surface area contributed by atoms with Crippen LogP contribution in [0, 0.1) is 5.92 Å². The summed E-state index contributed by atoms with van der Waals surface area (Å²) in [6.07, 6.45) is 4.14. The Morgan fingerprint density at radius 2 is 2.25 bits per heavy atom. The molecule has 96 valence electrons. The maximum absolute atomic E-state index is 3.55. The van der Waals surface area contributed by atoms with Crippen molar-refractivity contribution in [1.82, 2.24) is 10.2 Å². The summed E-state index contributed by atoms with van der Waals surface area (Å²) in [6.45, 7) is 10.8. The highest BCUT2D eigenvalue weighted by molar-refractivity contribution is 7.99. The van der Waals surface area contributed by atoms with Crippen LogP contribution in [-0.4, -0.2) is 49.1 Å². The number of hydrogen-bond donors (Lipinski definition) is 1. The summed E-state index contributed by atoms with van der Waals surface area (Å²) in [5.41, 5.74) is 0. The van der Waals surface area contributed by atoms with E-state index in [4.69, 9.17) is 0 Å². The standard InChI is InChI=1S/C13H28N2S/c1-3-16-11-5-7-14-8-10-15-9-4-6-13(2)12-15/h13-14H,3-12H2,1-2H3. The van der Waals surface area contributed by atoms with Crippen molar-refractivity contribution in [2.45, 2.75) is 33.1 Å². The largest absolute Gasteiger partial charge is 0.315 e. The van der Waals surface area contributed by atoms with Crippen LogP contribution in [-0.2, 0) is 0 Å². The molecule has 1 aliphatic rings. The first-order valence-electron chi connectivity index (χ1n) is 6.83. The van der Waals surface area contributed by atoms with E-state index < -0.39 is 0 Å². The van der Waals surface area contributed by atoms with Crippen molar-refractivity contribution in [3.8, 4) is 0 Å². The number of rotatable bonds is 8. The SMILES string of the molecule is CCSCCCNCCN1CCCC(C)C1. The second-order valence-electron chi connectivity index (χ2n) is 4.85. The molecule has 0 saturated carbocycles. The van der Waals surface area contributed by atoms with Crippen molar-refractivity contribution in [2.75, 3.05) is 44.2 Å². The Morgan fingerprint density at radius 3 is 3.00 bits per heavy atom. The summed E-state index contributed by atoms with van der Waals surface area (Å²) < 4.78 is 0. The van der Waals surface area contributed by atoms with Gasteiger partial charge >= 0.3 is 0 Å². The van der Waals surface area contributed by atoms with E-state index in [-0.39, 0.29) is 0 Å². The smallest absolute Gasteiger partial charge is 0.0107 e. The zero-order valence-electron chi connectivity index (χ0n) is 11.0. The van der Waals surface area contributed by atoms with Crippen LogP contribution < -0.4 is 5.32 Å². The number of piperidine rings is 1. The third-order valence-electron chi connectivity index (χ3n) is 3.19. The molecule has 1 N–H and O–H groups in total. The van der Waals surface area contributed by atoms with Gasteiger partial charge in [-0.1, -0.05) is 13.8 Å². The van der Waals surface area contributed by atoms with Crippen molar-refractivity contribution in [3.05, 3.63) is 0 Å². The average molecular weight is 244 g/mol. The van der Waals surface area contributed by atoms with E-state index in [2.05, 4.69) is 24.1 Å². The molecule has 0 aromatic carbocycles. The van der Waals surface area contributed by atoms with Gasteiger partial charge in [-0.25, -0.2) is 0 Å². The van der Waals surface area contributed by atoms with E-state index >= 15 is 0 Å². The fourth-order valence-electron chi connectivity index (χ4n) is 2.30. The van der Waals surface area contributed by atoms with Gasteiger partial charge in [0.05, 0.1) is 0 Å². The maximum atomic E-state index is 3.55. The van der Waals surface area contributed by atoms with Gasteiger partial charge in [0.25, 0.3) is 0 Å². The first kappa shape index (κ1) is 14.3. The van der Waals surface area contributed by atoms with Crippen LogP contribution in [0.1, 0.15) is 33.1 Å². The van der Waals surface area contributed by atoms with Crippen molar-refractivity contribution in [3.63, 3.8) is 0 Å². The maximum Gasteiger partial charge on any atom is 0.0107 e. The molecule has 1 fully saturated rings. The minimum Gasteiger partial charge on any atom is -0.315 e. The lowest BCUT2D eigenvalue weighted by Crippen LogP contribution is -2.39. The zero-order chi connectivity index (χ0) is 11.6. The number of nitrogens with zero attached hydrogens (tertiary/aromatic N) is 1. The van der Waals surface area contributed by atoms with Crippen LogP contribution in [0.3, 0.4) is 0 Å². The van der Waals surface area contributed by atoms with E-state index in [0.29, 0.717) is 0 Å². The lowest BCUT2D eigenvalue weighted by atomic mass is 10.0. The second-order valence-corrected chi connectivity index (χ2v) is 6.24. The first-order chi connectivity index (χ1) is 7.83. The van der Waals surface area contributed by atoms with Crippen LogP contribution in [0.15, 0.2) is 0 Å². The Kier molecular flexibility index (Phi) is 8.34. The second kappa shape index (κ2) is 9.32. The molecule has 0 aromatic rings. The molecule has 1 atom stereocenters. The van der Waals surface area contributed by atoms with Crippen LogP contribution in [0.4, 0.5) is 0 Å². The molecule has 1 aliphatic heterocycles. The van der Waals surface area contributed by atoms with Crippen molar-refractivity contribution in [2.24, 2.45) is 5.92 Å². The molecule has 16 heavy (non-hydrogen) atoms. The van der Waals surface area contributed by atoms with E-state index in [1.165, 1.54) is 63.5 Å². The van der Waals surface area contributed by atoms with Crippen LogP contribution >= 0.6 is 11.8 Å². The summed E-state index contributed by atoms with van der Waals surface area (Å²) in [5, 5.41) is 3.55. The number of likely N-dealkylation sites (tertiary alicyclic amines) is 1. The van der Waals surface area contributed by atoms with E-state index in [1.54, 1.807) is 0 Å². The fraction of sp³-hybridized carbons (Fsp3) is 1.00. The molecule has 3 heteroatoms.